The summed E-state index contributed by atoms with van der Waals surface area (Å²) in [5.41, 5.74) is 5.75. The summed E-state index contributed by atoms with van der Waals surface area (Å²) in [7, 11) is 1.61. The van der Waals surface area contributed by atoms with Gasteiger partial charge >= 0.3 is 0 Å². The number of hydrogen-bond acceptors (Lipinski definition) is 4. The highest BCUT2D eigenvalue weighted by molar-refractivity contribution is 5.95. The van der Waals surface area contributed by atoms with E-state index in [4.69, 9.17) is 4.74 Å². The number of methoxy groups -OCH3 is 1. The fourth-order valence-corrected chi connectivity index (χ4v) is 3.90. The Bertz CT molecular complexity index is 1170. The first-order valence-electron chi connectivity index (χ1n) is 10.8. The van der Waals surface area contributed by atoms with E-state index in [1.165, 1.54) is 16.8 Å². The molecule has 4 rings (SSSR count). The molecule has 0 unspecified atom stereocenters. The first-order chi connectivity index (χ1) is 15.5. The molecule has 1 aliphatic heterocycles. The van der Waals surface area contributed by atoms with Crippen LogP contribution >= 0.6 is 0 Å². The summed E-state index contributed by atoms with van der Waals surface area (Å²) in [4.78, 5) is 21.7. The van der Waals surface area contributed by atoms with Crippen molar-refractivity contribution in [3.05, 3.63) is 88.7 Å². The molecule has 0 atom stereocenters. The molecule has 0 bridgehead atoms. The summed E-state index contributed by atoms with van der Waals surface area (Å²) >= 11 is 0. The van der Waals surface area contributed by atoms with Crippen LogP contribution in [0.3, 0.4) is 0 Å². The highest BCUT2D eigenvalue weighted by atomic mass is 16.5. The van der Waals surface area contributed by atoms with E-state index in [9.17, 15) is 4.79 Å². The normalized spacial score (nSPS) is 13.3. The number of aryl methyl sites for hydroxylation is 2. The van der Waals surface area contributed by atoms with E-state index >= 15 is 0 Å². The smallest absolute Gasteiger partial charge is 0.254 e. The number of rotatable bonds is 3. The van der Waals surface area contributed by atoms with Gasteiger partial charge in [0.25, 0.3) is 5.91 Å². The quantitative estimate of drug-likeness (QED) is 0.594. The summed E-state index contributed by atoms with van der Waals surface area (Å²) in [6.45, 7) is 7.26. The number of pyridine rings is 1. The van der Waals surface area contributed by atoms with Gasteiger partial charge in [-0.15, -0.1) is 0 Å². The molecule has 2 aromatic carbocycles. The van der Waals surface area contributed by atoms with Crippen LogP contribution in [0.1, 0.15) is 32.7 Å². The van der Waals surface area contributed by atoms with E-state index in [0.29, 0.717) is 35.7 Å². The Kier molecular flexibility index (Phi) is 6.42. The van der Waals surface area contributed by atoms with E-state index in [0.717, 1.165) is 13.1 Å². The van der Waals surface area contributed by atoms with Crippen molar-refractivity contribution in [1.29, 1.82) is 0 Å². The van der Waals surface area contributed by atoms with Gasteiger partial charge in [-0.2, -0.15) is 0 Å². The van der Waals surface area contributed by atoms with Gasteiger partial charge in [0.15, 0.2) is 0 Å². The van der Waals surface area contributed by atoms with Gasteiger partial charge < -0.3 is 14.5 Å². The van der Waals surface area contributed by atoms with Gasteiger partial charge in [-0.25, -0.2) is 4.98 Å². The summed E-state index contributed by atoms with van der Waals surface area (Å²) in [6.07, 6.45) is 1.71. The molecule has 1 fully saturated rings. The van der Waals surface area contributed by atoms with Crippen LogP contribution in [0.15, 0.2) is 60.8 Å². The van der Waals surface area contributed by atoms with Crippen molar-refractivity contribution < 1.29 is 9.53 Å². The van der Waals surface area contributed by atoms with Crippen LogP contribution in [-0.2, 0) is 0 Å². The molecule has 0 aliphatic carbocycles. The average Bonchev–Trinajstić information content (AvgIpc) is 2.84. The number of anilines is 1. The molecule has 5 heteroatoms. The maximum absolute atomic E-state index is 13.2. The van der Waals surface area contributed by atoms with Crippen LogP contribution in [0.4, 0.5) is 5.69 Å². The van der Waals surface area contributed by atoms with Gasteiger partial charge in [0.05, 0.1) is 12.7 Å². The molecule has 1 aromatic heterocycles. The number of benzene rings is 2. The monoisotopic (exact) mass is 425 g/mol. The first-order valence-corrected chi connectivity index (χ1v) is 10.8. The zero-order chi connectivity index (χ0) is 22.5. The minimum absolute atomic E-state index is 0.0224. The second kappa shape index (κ2) is 9.57. The van der Waals surface area contributed by atoms with E-state index in [1.54, 1.807) is 13.3 Å². The minimum atomic E-state index is 0.0224. The summed E-state index contributed by atoms with van der Waals surface area (Å²) in [6, 6.07) is 17.5. The number of carbonyl (C=O) groups is 1. The molecule has 1 amide bonds. The van der Waals surface area contributed by atoms with Gasteiger partial charge in [-0.05, 0) is 67.3 Å². The SMILES string of the molecule is COc1ccc(C(=O)N2CCN(c3cc(C)ccc3C)CC2)cc1C#Cc1ccccn1. The Morgan fingerprint density at radius 2 is 1.78 bits per heavy atom. The average molecular weight is 426 g/mol. The molecule has 0 N–H and O–H groups in total. The van der Waals surface area contributed by atoms with E-state index in [-0.39, 0.29) is 5.91 Å². The number of carbonyl (C=O) groups excluding carboxylic acids is 1. The molecular formula is C27H27N3O2. The number of ether oxygens (including phenoxy) is 1. The van der Waals surface area contributed by atoms with E-state index in [1.807, 2.05) is 41.3 Å². The number of piperazine rings is 1. The summed E-state index contributed by atoms with van der Waals surface area (Å²) in [5.74, 6) is 6.81. The molecular weight excluding hydrogens is 398 g/mol. The third kappa shape index (κ3) is 4.76. The highest BCUT2D eigenvalue weighted by Crippen LogP contribution is 2.24. The largest absolute Gasteiger partial charge is 0.495 e. The maximum Gasteiger partial charge on any atom is 0.254 e. The predicted octanol–water partition coefficient (Wildman–Crippen LogP) is 4.07. The second-order valence-electron chi connectivity index (χ2n) is 7.95. The third-order valence-corrected chi connectivity index (χ3v) is 5.71. The van der Waals surface area contributed by atoms with Crippen LogP contribution in [0.5, 0.6) is 5.75 Å². The highest BCUT2D eigenvalue weighted by Gasteiger charge is 2.23. The Morgan fingerprint density at radius 1 is 0.969 bits per heavy atom. The lowest BCUT2D eigenvalue weighted by Gasteiger charge is -2.37. The lowest BCUT2D eigenvalue weighted by molar-refractivity contribution is 0.0746. The molecule has 0 spiro atoms. The molecule has 1 aliphatic rings. The predicted molar refractivity (Wildman–Crippen MR) is 127 cm³/mol. The minimum Gasteiger partial charge on any atom is -0.495 e. The van der Waals surface area contributed by atoms with Gasteiger partial charge in [-0.3, -0.25) is 4.79 Å². The van der Waals surface area contributed by atoms with Crippen molar-refractivity contribution >= 4 is 11.6 Å². The lowest BCUT2D eigenvalue weighted by Crippen LogP contribution is -2.49. The van der Waals surface area contributed by atoms with Crippen LogP contribution in [0, 0.1) is 25.7 Å². The van der Waals surface area contributed by atoms with Crippen molar-refractivity contribution in [2.45, 2.75) is 13.8 Å². The Labute approximate surface area is 189 Å². The molecule has 2 heterocycles. The van der Waals surface area contributed by atoms with Crippen molar-refractivity contribution in [2.75, 3.05) is 38.2 Å². The van der Waals surface area contributed by atoms with Crippen molar-refractivity contribution in [2.24, 2.45) is 0 Å². The van der Waals surface area contributed by atoms with E-state index in [2.05, 4.69) is 53.8 Å². The molecule has 0 saturated carbocycles. The molecule has 162 valence electrons. The van der Waals surface area contributed by atoms with Crippen LogP contribution in [-0.4, -0.2) is 49.1 Å². The standard InChI is InChI=1S/C27H27N3O2/c1-20-7-8-21(2)25(18-20)29-14-16-30(17-15-29)27(31)23-10-12-26(32-3)22(19-23)9-11-24-6-4-5-13-28-24/h4-8,10,12-13,18-19H,14-17H2,1-3H3. The lowest BCUT2D eigenvalue weighted by atomic mass is 10.1. The van der Waals surface area contributed by atoms with Crippen LogP contribution < -0.4 is 9.64 Å². The van der Waals surface area contributed by atoms with Crippen molar-refractivity contribution in [3.8, 4) is 17.6 Å². The summed E-state index contributed by atoms with van der Waals surface area (Å²) < 4.78 is 5.44. The summed E-state index contributed by atoms with van der Waals surface area (Å²) in [5, 5.41) is 0. The fourth-order valence-electron chi connectivity index (χ4n) is 3.90. The Morgan fingerprint density at radius 3 is 2.50 bits per heavy atom. The zero-order valence-corrected chi connectivity index (χ0v) is 18.8. The van der Waals surface area contributed by atoms with Gasteiger partial charge in [0.2, 0.25) is 0 Å². The number of aromatic nitrogens is 1. The number of nitrogens with zero attached hydrogens (tertiary/aromatic N) is 3. The Hall–Kier alpha value is -3.78. The molecule has 3 aromatic rings. The second-order valence-corrected chi connectivity index (χ2v) is 7.95. The molecule has 1 saturated heterocycles. The fraction of sp³-hybridized carbons (Fsp3) is 0.259. The van der Waals surface area contributed by atoms with Crippen molar-refractivity contribution in [1.82, 2.24) is 9.88 Å². The first kappa shape index (κ1) is 21.5. The van der Waals surface area contributed by atoms with Gasteiger partial charge in [0.1, 0.15) is 11.4 Å². The number of hydrogen-bond donors (Lipinski definition) is 0. The van der Waals surface area contributed by atoms with Crippen LogP contribution in [0.25, 0.3) is 0 Å². The van der Waals surface area contributed by atoms with Gasteiger partial charge in [0, 0.05) is 43.6 Å². The topological polar surface area (TPSA) is 45.7 Å². The van der Waals surface area contributed by atoms with Crippen molar-refractivity contribution in [3.63, 3.8) is 0 Å². The van der Waals surface area contributed by atoms with Gasteiger partial charge in [-0.1, -0.05) is 24.1 Å². The molecule has 5 nitrogen and oxygen atoms in total. The zero-order valence-electron chi connectivity index (χ0n) is 18.8. The molecule has 32 heavy (non-hydrogen) atoms. The van der Waals surface area contributed by atoms with E-state index < -0.39 is 0 Å². The molecule has 0 radical (unpaired) electrons. The van der Waals surface area contributed by atoms with Crippen LogP contribution in [0.2, 0.25) is 0 Å². The number of amides is 1. The third-order valence-electron chi connectivity index (χ3n) is 5.71. The maximum atomic E-state index is 13.2. The Balaban J connectivity index is 1.49.